The summed E-state index contributed by atoms with van der Waals surface area (Å²) < 4.78 is 0. The van der Waals surface area contributed by atoms with Crippen molar-refractivity contribution in [2.24, 2.45) is 29.1 Å². The smallest absolute Gasteiger partial charge is 0.306 e. The van der Waals surface area contributed by atoms with Crippen molar-refractivity contribution in [3.8, 4) is 0 Å². The molecule has 0 aromatic rings. The lowest BCUT2D eigenvalue weighted by atomic mass is 9.50. The number of carboxylic acids is 1. The van der Waals surface area contributed by atoms with Crippen molar-refractivity contribution in [1.29, 1.82) is 0 Å². The Kier molecular flexibility index (Phi) is 6.94. The van der Waals surface area contributed by atoms with Gasteiger partial charge in [-0.05, 0) is 81.1 Å². The molecule has 154 valence electrons. The van der Waals surface area contributed by atoms with Gasteiger partial charge in [0.15, 0.2) is 5.78 Å². The van der Waals surface area contributed by atoms with Gasteiger partial charge in [-0.3, -0.25) is 9.59 Å². The Morgan fingerprint density at radius 2 is 1.93 bits per heavy atom. The van der Waals surface area contributed by atoms with E-state index in [2.05, 4.69) is 6.92 Å². The van der Waals surface area contributed by atoms with Gasteiger partial charge in [-0.25, -0.2) is 0 Å². The van der Waals surface area contributed by atoms with Crippen LogP contribution in [0.3, 0.4) is 0 Å². The summed E-state index contributed by atoms with van der Waals surface area (Å²) in [4.78, 5) is 23.3. The third-order valence-electron chi connectivity index (χ3n) is 7.63. The van der Waals surface area contributed by atoms with Crippen LogP contribution < -0.4 is 0 Å². The summed E-state index contributed by atoms with van der Waals surface area (Å²) in [5.74, 6) is 0.125. The highest BCUT2D eigenvalue weighted by Gasteiger charge is 2.55. The van der Waals surface area contributed by atoms with E-state index < -0.39 is 11.6 Å². The average Bonchev–Trinajstić information content (AvgIpc) is 3.13. The molecule has 6 atom stereocenters. The maximum Gasteiger partial charge on any atom is 0.306 e. The van der Waals surface area contributed by atoms with Gasteiger partial charge in [-0.2, -0.15) is 0 Å². The van der Waals surface area contributed by atoms with Crippen LogP contribution in [-0.2, 0) is 9.59 Å². The molecule has 0 radical (unpaired) electrons. The molecule has 0 saturated heterocycles. The minimum Gasteiger partial charge on any atom is -0.481 e. The number of carbonyl (C=O) groups is 2. The summed E-state index contributed by atoms with van der Waals surface area (Å²) in [6, 6.07) is 0. The summed E-state index contributed by atoms with van der Waals surface area (Å²) >= 11 is 0. The monoisotopic (exact) mass is 378 g/mol. The number of carbonyl (C=O) groups excluding carboxylic acids is 1. The Bertz CT molecular complexity index is 591. The molecule has 2 saturated carbocycles. The molecule has 0 amide bonds. The normalized spacial score (nSPS) is 38.1. The van der Waals surface area contributed by atoms with Gasteiger partial charge in [0.2, 0.25) is 0 Å². The van der Waals surface area contributed by atoms with E-state index in [1.165, 1.54) is 5.57 Å². The zero-order valence-electron chi connectivity index (χ0n) is 17.8. The van der Waals surface area contributed by atoms with Gasteiger partial charge in [-0.1, -0.05) is 33.3 Å². The zero-order chi connectivity index (χ0) is 20.4. The van der Waals surface area contributed by atoms with E-state index in [4.69, 9.17) is 0 Å². The Morgan fingerprint density at radius 1 is 1.26 bits per heavy atom. The van der Waals surface area contributed by atoms with E-state index in [1.54, 1.807) is 0 Å². The Hall–Kier alpha value is -1.16. The number of hydrogen-bond acceptors (Lipinski definition) is 3. The second-order valence-corrected chi connectivity index (χ2v) is 9.05. The van der Waals surface area contributed by atoms with E-state index in [0.717, 1.165) is 38.5 Å². The summed E-state index contributed by atoms with van der Waals surface area (Å²) in [5, 5.41) is 20.7. The molecule has 4 heteroatoms. The van der Waals surface area contributed by atoms with Gasteiger partial charge in [-0.15, -0.1) is 0 Å². The van der Waals surface area contributed by atoms with Crippen LogP contribution in [0.25, 0.3) is 0 Å². The maximum absolute atomic E-state index is 11.9. The Balaban J connectivity index is 0.00000126. The van der Waals surface area contributed by atoms with Crippen molar-refractivity contribution in [3.63, 3.8) is 0 Å². The van der Waals surface area contributed by atoms with Crippen LogP contribution in [0.2, 0.25) is 0 Å². The lowest BCUT2D eigenvalue weighted by Crippen LogP contribution is -2.54. The van der Waals surface area contributed by atoms with Crippen LogP contribution >= 0.6 is 0 Å². The van der Waals surface area contributed by atoms with Gasteiger partial charge < -0.3 is 10.2 Å². The fourth-order valence-electron chi connectivity index (χ4n) is 6.15. The molecule has 0 heterocycles. The molecule has 2 N–H and O–H groups in total. The second-order valence-electron chi connectivity index (χ2n) is 9.05. The molecule has 0 aromatic heterocycles. The van der Waals surface area contributed by atoms with Crippen molar-refractivity contribution in [2.75, 3.05) is 0 Å². The highest BCUT2D eigenvalue weighted by atomic mass is 16.4. The number of ketones is 1. The zero-order valence-corrected chi connectivity index (χ0v) is 17.8. The van der Waals surface area contributed by atoms with Crippen LogP contribution in [0.1, 0.15) is 86.0 Å². The molecule has 0 aromatic carbocycles. The molecule has 4 nitrogen and oxygen atoms in total. The van der Waals surface area contributed by atoms with E-state index in [-0.39, 0.29) is 23.0 Å². The first-order valence-corrected chi connectivity index (χ1v) is 10.9. The van der Waals surface area contributed by atoms with Crippen molar-refractivity contribution < 1.29 is 19.8 Å². The van der Waals surface area contributed by atoms with E-state index >= 15 is 0 Å². The van der Waals surface area contributed by atoms with Crippen LogP contribution in [0.15, 0.2) is 11.6 Å². The lowest BCUT2D eigenvalue weighted by Gasteiger charge is -2.56. The standard InChI is InChI=1S/C21H32O4.C2H6/c1-4-21(3,25)18-17(13-5-6-14(11-13)19(23)24)8-7-15-12-16(22)9-10-20(15,18)2;1-2/h12-14,17-18,25H,4-11H2,1-3H3,(H,23,24);1-2H3/t13-,14?,17?,18+,20?,21?;/m1./s1. The number of fused-ring (bicyclic) bond motifs is 1. The quantitative estimate of drug-likeness (QED) is 0.722. The first-order valence-electron chi connectivity index (χ1n) is 10.9. The summed E-state index contributed by atoms with van der Waals surface area (Å²) in [6.45, 7) is 10.2. The molecule has 0 bridgehead atoms. The molecule has 3 rings (SSSR count). The minimum atomic E-state index is -0.791. The SMILES string of the molecule is CC.CCC(C)(O)[C@H]1C([C@@H]2CCC(C(=O)O)C2)CCC2=CC(=O)CCC21C. The summed E-state index contributed by atoms with van der Waals surface area (Å²) in [6.07, 6.45) is 8.22. The third kappa shape index (κ3) is 4.16. The van der Waals surface area contributed by atoms with Crippen LogP contribution in [0, 0.1) is 29.1 Å². The third-order valence-corrected chi connectivity index (χ3v) is 7.63. The van der Waals surface area contributed by atoms with Crippen molar-refractivity contribution >= 4 is 11.8 Å². The maximum atomic E-state index is 11.9. The number of allylic oxidation sites excluding steroid dienone is 2. The minimum absolute atomic E-state index is 0.0932. The topological polar surface area (TPSA) is 74.6 Å². The first-order chi connectivity index (χ1) is 12.7. The fourth-order valence-corrected chi connectivity index (χ4v) is 6.15. The number of aliphatic carboxylic acids is 1. The van der Waals surface area contributed by atoms with Crippen LogP contribution in [0.4, 0.5) is 0 Å². The molecular weight excluding hydrogens is 340 g/mol. The van der Waals surface area contributed by atoms with Gasteiger partial charge in [0.05, 0.1) is 11.5 Å². The summed E-state index contributed by atoms with van der Waals surface area (Å²) in [7, 11) is 0. The molecule has 0 aliphatic heterocycles. The average molecular weight is 379 g/mol. The van der Waals surface area contributed by atoms with Crippen molar-refractivity contribution in [2.45, 2.75) is 91.6 Å². The van der Waals surface area contributed by atoms with E-state index in [0.29, 0.717) is 24.7 Å². The molecule has 3 aliphatic carbocycles. The van der Waals surface area contributed by atoms with Crippen LogP contribution in [0.5, 0.6) is 0 Å². The van der Waals surface area contributed by atoms with Gasteiger partial charge in [0.1, 0.15) is 0 Å². The highest BCUT2D eigenvalue weighted by Crippen LogP contribution is 2.60. The molecule has 0 spiro atoms. The number of hydrogen-bond donors (Lipinski definition) is 2. The van der Waals surface area contributed by atoms with E-state index in [1.807, 2.05) is 33.8 Å². The van der Waals surface area contributed by atoms with Crippen molar-refractivity contribution in [3.05, 3.63) is 11.6 Å². The predicted molar refractivity (Wildman–Crippen MR) is 107 cm³/mol. The molecular formula is C23H38O4. The fraction of sp³-hybridized carbons (Fsp3) is 0.826. The molecule has 4 unspecified atom stereocenters. The van der Waals surface area contributed by atoms with E-state index in [9.17, 15) is 19.8 Å². The highest BCUT2D eigenvalue weighted by molar-refractivity contribution is 5.91. The molecule has 27 heavy (non-hydrogen) atoms. The number of carboxylic acid groups (broad SMARTS) is 1. The Morgan fingerprint density at radius 3 is 2.48 bits per heavy atom. The molecule has 2 fully saturated rings. The lowest BCUT2D eigenvalue weighted by molar-refractivity contribution is -0.142. The Labute approximate surface area is 164 Å². The second kappa shape index (κ2) is 8.46. The largest absolute Gasteiger partial charge is 0.481 e. The first kappa shape index (κ1) is 22.1. The van der Waals surface area contributed by atoms with Gasteiger partial charge in [0.25, 0.3) is 0 Å². The predicted octanol–water partition coefficient (Wildman–Crippen LogP) is 5.00. The van der Waals surface area contributed by atoms with Gasteiger partial charge in [0, 0.05) is 6.42 Å². The molecule has 3 aliphatic rings. The van der Waals surface area contributed by atoms with Gasteiger partial charge >= 0.3 is 5.97 Å². The number of aliphatic hydroxyl groups is 1. The number of rotatable bonds is 4. The van der Waals surface area contributed by atoms with Crippen molar-refractivity contribution in [1.82, 2.24) is 0 Å². The summed E-state index contributed by atoms with van der Waals surface area (Å²) in [5.41, 5.74) is 0.282. The van der Waals surface area contributed by atoms with Crippen LogP contribution in [-0.4, -0.2) is 27.6 Å².